The van der Waals surface area contributed by atoms with Crippen molar-refractivity contribution in [3.8, 4) is 0 Å². The van der Waals surface area contributed by atoms with Crippen LogP contribution in [0.25, 0.3) is 0 Å². The minimum atomic E-state index is -4.57. The first kappa shape index (κ1) is 31.5. The van der Waals surface area contributed by atoms with E-state index in [1.165, 1.54) is 56.9 Å². The molecule has 0 amide bonds. The smallest absolute Gasteiger partial charge is 0.435 e. The largest absolute Gasteiger partial charge is 0.472 e. The Balaban J connectivity index is 2.32. The lowest BCUT2D eigenvalue weighted by Crippen LogP contribution is -2.25. The van der Waals surface area contributed by atoms with E-state index in [1.54, 1.807) is 0 Å². The fraction of sp³-hybridized carbons (Fsp3) is 0.720. The van der Waals surface area contributed by atoms with Crippen LogP contribution in [0.3, 0.4) is 0 Å². The Kier molecular flexibility index (Phi) is 17.3. The molecule has 0 radical (unpaired) electrons. The summed E-state index contributed by atoms with van der Waals surface area (Å²) in [7, 11) is -4.57. The van der Waals surface area contributed by atoms with Crippen LogP contribution in [0.15, 0.2) is 24.3 Å². The average Bonchev–Trinajstić information content (AvgIpc) is 2.80. The summed E-state index contributed by atoms with van der Waals surface area (Å²) < 4.78 is 21.9. The standard InChI is InChI=1S/C25H42ClO6PS/c1-3-4-5-6-9-13-24(21(2)31-18-11-19-32-33(29,30)25(27)28)34-20-10-7-8-12-22-14-16-23(26)17-15-22/h14-17,21,24H,3-13,18-20H2,1-2H3,(H,27,28)(H,29,30)/t21-,24+/m0/s1. The highest BCUT2D eigenvalue weighted by Gasteiger charge is 2.29. The number of hydrogen-bond acceptors (Lipinski definition) is 5. The topological polar surface area (TPSA) is 93.1 Å². The van der Waals surface area contributed by atoms with Crippen molar-refractivity contribution in [2.45, 2.75) is 95.8 Å². The van der Waals surface area contributed by atoms with E-state index in [0.29, 0.717) is 18.3 Å². The van der Waals surface area contributed by atoms with Gasteiger partial charge in [-0.25, -0.2) is 9.36 Å². The first-order chi connectivity index (χ1) is 16.3. The van der Waals surface area contributed by atoms with Crippen molar-refractivity contribution in [2.75, 3.05) is 19.0 Å². The van der Waals surface area contributed by atoms with E-state index in [4.69, 9.17) is 26.3 Å². The van der Waals surface area contributed by atoms with Gasteiger partial charge in [-0.2, -0.15) is 11.8 Å². The van der Waals surface area contributed by atoms with E-state index in [9.17, 15) is 9.36 Å². The van der Waals surface area contributed by atoms with Gasteiger partial charge in [0.05, 0.1) is 12.7 Å². The number of carboxylic acid groups (broad SMARTS) is 1. The Labute approximate surface area is 214 Å². The van der Waals surface area contributed by atoms with Gasteiger partial charge in [0.25, 0.3) is 0 Å². The monoisotopic (exact) mass is 536 g/mol. The van der Waals surface area contributed by atoms with Crippen LogP contribution in [0.4, 0.5) is 4.79 Å². The fourth-order valence-corrected chi connectivity index (χ4v) is 5.54. The van der Waals surface area contributed by atoms with Gasteiger partial charge in [-0.3, -0.25) is 0 Å². The van der Waals surface area contributed by atoms with Gasteiger partial charge < -0.3 is 19.3 Å². The lowest BCUT2D eigenvalue weighted by molar-refractivity contribution is 0.0537. The Morgan fingerprint density at radius 1 is 1.03 bits per heavy atom. The lowest BCUT2D eigenvalue weighted by Gasteiger charge is -2.24. The molecule has 34 heavy (non-hydrogen) atoms. The molecular weight excluding hydrogens is 495 g/mol. The van der Waals surface area contributed by atoms with Crippen LogP contribution in [-0.4, -0.2) is 46.0 Å². The predicted octanol–water partition coefficient (Wildman–Crippen LogP) is 8.19. The molecule has 196 valence electrons. The molecule has 0 aliphatic heterocycles. The molecule has 1 rings (SSSR count). The first-order valence-electron chi connectivity index (χ1n) is 12.4. The van der Waals surface area contributed by atoms with Crippen molar-refractivity contribution in [2.24, 2.45) is 0 Å². The number of hydrogen-bond donors (Lipinski definition) is 2. The van der Waals surface area contributed by atoms with Crippen LogP contribution in [-0.2, 0) is 20.2 Å². The predicted molar refractivity (Wildman–Crippen MR) is 142 cm³/mol. The summed E-state index contributed by atoms with van der Waals surface area (Å²) in [5.74, 6) is 1.10. The van der Waals surface area contributed by atoms with Crippen molar-refractivity contribution < 1.29 is 28.6 Å². The van der Waals surface area contributed by atoms with Gasteiger partial charge in [-0.05, 0) is 62.5 Å². The van der Waals surface area contributed by atoms with Crippen molar-refractivity contribution in [3.05, 3.63) is 34.9 Å². The number of aryl methyl sites for hydroxylation is 1. The van der Waals surface area contributed by atoms with Crippen LogP contribution in [0.2, 0.25) is 5.02 Å². The number of halogens is 1. The number of ether oxygens (including phenoxy) is 1. The molecule has 0 spiro atoms. The molecule has 1 aromatic carbocycles. The van der Waals surface area contributed by atoms with Gasteiger partial charge in [0.15, 0.2) is 0 Å². The van der Waals surface area contributed by atoms with Gasteiger partial charge in [0.1, 0.15) is 0 Å². The maximum atomic E-state index is 11.3. The SMILES string of the molecule is CCCCCCC[C@@H](SCCCCCc1ccc(Cl)cc1)[C@H](C)OCCCOP(=O)(O)C(=O)O. The minimum absolute atomic E-state index is 0.0608. The lowest BCUT2D eigenvalue weighted by atomic mass is 10.1. The highest BCUT2D eigenvalue weighted by atomic mass is 35.5. The number of rotatable bonds is 21. The Morgan fingerprint density at radius 3 is 2.38 bits per heavy atom. The highest BCUT2D eigenvalue weighted by molar-refractivity contribution is 7.99. The Bertz CT molecular complexity index is 718. The quantitative estimate of drug-likeness (QED) is 0.121. The molecule has 1 aromatic rings. The summed E-state index contributed by atoms with van der Waals surface area (Å²) in [4.78, 5) is 19.8. The second-order valence-electron chi connectivity index (χ2n) is 8.61. The zero-order chi connectivity index (χ0) is 25.2. The van der Waals surface area contributed by atoms with E-state index < -0.39 is 13.3 Å². The molecule has 3 atom stereocenters. The highest BCUT2D eigenvalue weighted by Crippen LogP contribution is 2.42. The maximum absolute atomic E-state index is 11.3. The zero-order valence-corrected chi connectivity index (χ0v) is 23.1. The van der Waals surface area contributed by atoms with Crippen LogP contribution < -0.4 is 0 Å². The average molecular weight is 537 g/mol. The first-order valence-corrected chi connectivity index (χ1v) is 15.4. The van der Waals surface area contributed by atoms with Crippen LogP contribution in [0, 0.1) is 0 Å². The van der Waals surface area contributed by atoms with E-state index in [-0.39, 0.29) is 12.7 Å². The van der Waals surface area contributed by atoms with Crippen molar-refractivity contribution in [1.29, 1.82) is 0 Å². The Morgan fingerprint density at radius 2 is 1.71 bits per heavy atom. The van der Waals surface area contributed by atoms with Crippen molar-refractivity contribution in [1.82, 2.24) is 0 Å². The summed E-state index contributed by atoms with van der Waals surface area (Å²) in [6.07, 6.45) is 12.4. The minimum Gasteiger partial charge on any atom is -0.472 e. The third kappa shape index (κ3) is 14.8. The maximum Gasteiger partial charge on any atom is 0.435 e. The summed E-state index contributed by atoms with van der Waals surface area (Å²) in [6, 6.07) is 8.08. The van der Waals surface area contributed by atoms with E-state index >= 15 is 0 Å². The van der Waals surface area contributed by atoms with Crippen LogP contribution >= 0.6 is 31.0 Å². The second-order valence-corrected chi connectivity index (χ2v) is 12.1. The molecule has 0 saturated heterocycles. The number of unbranched alkanes of at least 4 members (excludes halogenated alkanes) is 6. The third-order valence-corrected chi connectivity index (χ3v) is 8.49. The second kappa shape index (κ2) is 18.7. The molecule has 9 heteroatoms. The molecule has 0 aromatic heterocycles. The molecule has 1 unspecified atom stereocenters. The number of thioether (sulfide) groups is 1. The molecule has 0 saturated carbocycles. The van der Waals surface area contributed by atoms with Crippen molar-refractivity contribution in [3.63, 3.8) is 0 Å². The number of carbonyl (C=O) groups is 1. The van der Waals surface area contributed by atoms with Crippen LogP contribution in [0.5, 0.6) is 0 Å². The van der Waals surface area contributed by atoms with Gasteiger partial charge in [-0.1, -0.05) is 69.2 Å². The van der Waals surface area contributed by atoms with Gasteiger partial charge in [-0.15, -0.1) is 0 Å². The van der Waals surface area contributed by atoms with Crippen molar-refractivity contribution >= 4 is 36.7 Å². The molecule has 0 heterocycles. The van der Waals surface area contributed by atoms with E-state index in [1.807, 2.05) is 23.9 Å². The number of benzene rings is 1. The fourth-order valence-electron chi connectivity index (χ4n) is 3.58. The molecule has 0 aliphatic carbocycles. The van der Waals surface area contributed by atoms with Gasteiger partial charge in [0, 0.05) is 16.9 Å². The van der Waals surface area contributed by atoms with Gasteiger partial charge >= 0.3 is 13.3 Å². The summed E-state index contributed by atoms with van der Waals surface area (Å²) >= 11 is 7.92. The summed E-state index contributed by atoms with van der Waals surface area (Å²) in [5, 5.41) is 9.80. The zero-order valence-electron chi connectivity index (χ0n) is 20.6. The molecule has 2 N–H and O–H groups in total. The van der Waals surface area contributed by atoms with Crippen LogP contribution in [0.1, 0.15) is 83.6 Å². The molecule has 0 bridgehead atoms. The Hall–Kier alpha value is -0.560. The molecule has 0 fully saturated rings. The van der Waals surface area contributed by atoms with Gasteiger partial charge in [0.2, 0.25) is 0 Å². The molecule has 6 nitrogen and oxygen atoms in total. The molecular formula is C25H42ClO6PS. The third-order valence-electron chi connectivity index (χ3n) is 5.65. The normalized spacial score (nSPS) is 15.1. The summed E-state index contributed by atoms with van der Waals surface area (Å²) in [5.41, 5.74) is -0.497. The van der Waals surface area contributed by atoms with E-state index in [2.05, 4.69) is 30.5 Å². The molecule has 0 aliphatic rings. The van der Waals surface area contributed by atoms with E-state index in [0.717, 1.165) is 23.6 Å². The summed E-state index contributed by atoms with van der Waals surface area (Å²) in [6.45, 7) is 4.56.